The van der Waals surface area contributed by atoms with Gasteiger partial charge in [0, 0.05) is 55.7 Å². The van der Waals surface area contributed by atoms with E-state index in [2.05, 4.69) is 137 Å². The molecule has 13 aromatic rings. The molecule has 0 aliphatic carbocycles. The first kappa shape index (κ1) is 41.9. The zero-order chi connectivity index (χ0) is 48.1. The third kappa shape index (κ3) is 7.07. The van der Waals surface area contributed by atoms with Crippen LogP contribution in [0.5, 0.6) is 0 Å². The van der Waals surface area contributed by atoms with Crippen molar-refractivity contribution in [2.75, 3.05) is 0 Å². The normalized spacial score (nSPS) is 11.3. The zero-order valence-electron chi connectivity index (χ0n) is 38.5. The number of pyridine rings is 1. The number of rotatable bonds is 8. The fraction of sp³-hybridized carbons (Fsp3) is 0. The van der Waals surface area contributed by atoms with Gasteiger partial charge < -0.3 is 9.13 Å². The molecule has 0 bridgehead atoms. The number of para-hydroxylation sites is 2. The maximum atomic E-state index is 10.1. The van der Waals surface area contributed by atoms with Crippen LogP contribution in [0, 0.1) is 22.7 Å². The van der Waals surface area contributed by atoms with Gasteiger partial charge in [-0.3, -0.25) is 4.98 Å². The van der Waals surface area contributed by atoms with Gasteiger partial charge in [0.15, 0.2) is 17.5 Å². The van der Waals surface area contributed by atoms with E-state index in [1.165, 1.54) is 0 Å². The number of nitriles is 2. The highest BCUT2D eigenvalue weighted by molar-refractivity contribution is 6.12. The second kappa shape index (κ2) is 17.4. The molecule has 4 heterocycles. The first-order chi connectivity index (χ1) is 35.6. The molecule has 334 valence electrons. The molecule has 0 amide bonds. The van der Waals surface area contributed by atoms with Crippen LogP contribution in [0.1, 0.15) is 11.1 Å². The first-order valence-electron chi connectivity index (χ1n) is 23.7. The molecule has 72 heavy (non-hydrogen) atoms. The van der Waals surface area contributed by atoms with Gasteiger partial charge in [0.2, 0.25) is 0 Å². The second-order valence-electron chi connectivity index (χ2n) is 17.7. The molecule has 0 unspecified atom stereocenters. The molecule has 0 aliphatic heterocycles. The van der Waals surface area contributed by atoms with Gasteiger partial charge in [0.05, 0.1) is 56.7 Å². The Balaban J connectivity index is 1.05. The van der Waals surface area contributed by atoms with Gasteiger partial charge in [0.25, 0.3) is 0 Å². The van der Waals surface area contributed by atoms with Gasteiger partial charge in [-0.05, 0) is 101 Å². The summed E-state index contributed by atoms with van der Waals surface area (Å²) in [5.74, 6) is 1.69. The van der Waals surface area contributed by atoms with Crippen LogP contribution in [0.25, 0.3) is 123 Å². The van der Waals surface area contributed by atoms with Crippen molar-refractivity contribution in [3.8, 4) is 91.2 Å². The van der Waals surface area contributed by atoms with Crippen molar-refractivity contribution in [3.63, 3.8) is 0 Å². The number of hydrogen-bond acceptors (Lipinski definition) is 6. The monoisotopic (exact) mass is 918 g/mol. The molecule has 9 aromatic carbocycles. The van der Waals surface area contributed by atoms with E-state index in [9.17, 15) is 10.5 Å². The summed E-state index contributed by atoms with van der Waals surface area (Å²) in [4.78, 5) is 20.5. The largest absolute Gasteiger partial charge is 0.309 e. The average Bonchev–Trinajstić information content (AvgIpc) is 3.97. The Morgan fingerprint density at radius 1 is 0.333 bits per heavy atom. The maximum absolute atomic E-state index is 10.1. The molecule has 0 spiro atoms. The van der Waals surface area contributed by atoms with Gasteiger partial charge in [-0.2, -0.15) is 10.5 Å². The van der Waals surface area contributed by atoms with Gasteiger partial charge in [-0.25, -0.2) is 15.0 Å². The van der Waals surface area contributed by atoms with E-state index in [0.717, 1.165) is 105 Å². The van der Waals surface area contributed by atoms with Crippen LogP contribution in [0.4, 0.5) is 0 Å². The lowest BCUT2D eigenvalue weighted by atomic mass is 9.98. The van der Waals surface area contributed by atoms with Gasteiger partial charge >= 0.3 is 0 Å². The molecule has 8 heteroatoms. The topological polar surface area (TPSA) is 109 Å². The summed E-state index contributed by atoms with van der Waals surface area (Å²) in [7, 11) is 0. The minimum atomic E-state index is 0.533. The lowest BCUT2D eigenvalue weighted by Gasteiger charge is -2.17. The standard InChI is InChI=1S/C64H38N8/c65-39-46-19-7-9-21-49(46)43-27-30-59-53(35-43)51-23-11-13-25-57(51)71(59)48-33-34-67-56(38-48)55-37-45(64-69-62(41-15-3-1-4-16-41)68-63(70-64)42-17-5-2-6-18-42)29-32-61(55)72-58-26-14-12-24-52(58)54-36-44(28-31-60(54)72)50-22-10-8-20-47(50)40-66/h1-38H. The lowest BCUT2D eigenvalue weighted by Crippen LogP contribution is -2.03. The Hall–Kier alpha value is -10.3. The minimum Gasteiger partial charge on any atom is -0.309 e. The lowest BCUT2D eigenvalue weighted by molar-refractivity contribution is 1.07. The average molecular weight is 919 g/mol. The van der Waals surface area contributed by atoms with Crippen molar-refractivity contribution in [1.82, 2.24) is 29.1 Å². The van der Waals surface area contributed by atoms with Crippen LogP contribution in [-0.2, 0) is 0 Å². The fourth-order valence-electron chi connectivity index (χ4n) is 10.2. The molecule has 0 saturated carbocycles. The third-order valence-electron chi connectivity index (χ3n) is 13.5. The van der Waals surface area contributed by atoms with Gasteiger partial charge in [-0.1, -0.05) is 146 Å². The van der Waals surface area contributed by atoms with Crippen molar-refractivity contribution < 1.29 is 0 Å². The number of nitrogens with zero attached hydrogens (tertiary/aromatic N) is 8. The SMILES string of the molecule is N#Cc1ccccc1-c1ccc2c(c1)c1ccccc1n2-c1ccnc(-c2cc(-c3nc(-c4ccccc4)nc(-c4ccccc4)n3)ccc2-n2c3ccccc3c3cc(-c4ccccc4C#N)ccc32)c1. The molecule has 8 nitrogen and oxygen atoms in total. The second-order valence-corrected chi connectivity index (χ2v) is 17.7. The van der Waals surface area contributed by atoms with Crippen LogP contribution in [0.3, 0.4) is 0 Å². The summed E-state index contributed by atoms with van der Waals surface area (Å²) in [6.45, 7) is 0. The quantitative estimate of drug-likeness (QED) is 0.150. The van der Waals surface area contributed by atoms with E-state index in [-0.39, 0.29) is 0 Å². The highest BCUT2D eigenvalue weighted by Crippen LogP contribution is 2.41. The fourth-order valence-corrected chi connectivity index (χ4v) is 10.2. The van der Waals surface area contributed by atoms with E-state index in [0.29, 0.717) is 28.6 Å². The highest BCUT2D eigenvalue weighted by atomic mass is 15.0. The molecular formula is C64H38N8. The van der Waals surface area contributed by atoms with Crippen molar-refractivity contribution in [3.05, 3.63) is 242 Å². The van der Waals surface area contributed by atoms with E-state index in [1.807, 2.05) is 115 Å². The summed E-state index contributed by atoms with van der Waals surface area (Å²) < 4.78 is 4.61. The van der Waals surface area contributed by atoms with Crippen molar-refractivity contribution in [2.24, 2.45) is 0 Å². The minimum absolute atomic E-state index is 0.533. The molecule has 4 aromatic heterocycles. The van der Waals surface area contributed by atoms with Crippen molar-refractivity contribution >= 4 is 43.6 Å². The van der Waals surface area contributed by atoms with E-state index >= 15 is 0 Å². The highest BCUT2D eigenvalue weighted by Gasteiger charge is 2.22. The molecule has 0 aliphatic rings. The van der Waals surface area contributed by atoms with Crippen LogP contribution >= 0.6 is 0 Å². The van der Waals surface area contributed by atoms with Crippen molar-refractivity contribution in [1.29, 1.82) is 10.5 Å². The summed E-state index contributed by atoms with van der Waals surface area (Å²) in [5, 5.41) is 24.4. The van der Waals surface area contributed by atoms with Crippen LogP contribution in [-0.4, -0.2) is 29.1 Å². The molecule has 0 radical (unpaired) electrons. The Labute approximate surface area is 414 Å². The Morgan fingerprint density at radius 3 is 1.36 bits per heavy atom. The molecule has 0 saturated heterocycles. The van der Waals surface area contributed by atoms with Gasteiger partial charge in [0.1, 0.15) is 0 Å². The summed E-state index contributed by atoms with van der Waals surface area (Å²) in [6, 6.07) is 80.7. The van der Waals surface area contributed by atoms with E-state index in [4.69, 9.17) is 19.9 Å². The number of fused-ring (bicyclic) bond motifs is 6. The Morgan fingerprint density at radius 2 is 0.792 bits per heavy atom. The number of hydrogen-bond donors (Lipinski definition) is 0. The van der Waals surface area contributed by atoms with Crippen LogP contribution in [0.2, 0.25) is 0 Å². The predicted octanol–water partition coefficient (Wildman–Crippen LogP) is 15.2. The van der Waals surface area contributed by atoms with Gasteiger partial charge in [-0.15, -0.1) is 0 Å². The van der Waals surface area contributed by atoms with E-state index < -0.39 is 0 Å². The smallest absolute Gasteiger partial charge is 0.164 e. The molecule has 0 fully saturated rings. The maximum Gasteiger partial charge on any atom is 0.164 e. The predicted molar refractivity (Wildman–Crippen MR) is 288 cm³/mol. The van der Waals surface area contributed by atoms with E-state index in [1.54, 1.807) is 0 Å². The number of benzene rings is 9. The summed E-state index contributed by atoms with van der Waals surface area (Å²) in [5.41, 5.74) is 15.2. The first-order valence-corrected chi connectivity index (χ1v) is 23.7. The zero-order valence-corrected chi connectivity index (χ0v) is 38.5. The molecule has 0 atom stereocenters. The third-order valence-corrected chi connectivity index (χ3v) is 13.5. The van der Waals surface area contributed by atoms with Crippen LogP contribution < -0.4 is 0 Å². The Kier molecular flexibility index (Phi) is 10.1. The number of aromatic nitrogens is 6. The summed E-state index contributed by atoms with van der Waals surface area (Å²) >= 11 is 0. The van der Waals surface area contributed by atoms with Crippen LogP contribution in [0.15, 0.2) is 231 Å². The molecular weight excluding hydrogens is 881 g/mol. The van der Waals surface area contributed by atoms with Crippen molar-refractivity contribution in [2.45, 2.75) is 0 Å². The Bertz CT molecular complexity index is 4310. The molecule has 0 N–H and O–H groups in total. The molecule has 13 rings (SSSR count). The summed E-state index contributed by atoms with van der Waals surface area (Å²) in [6.07, 6.45) is 1.88.